The smallest absolute Gasteiger partial charge is 0.322 e. The van der Waals surface area contributed by atoms with Crippen LogP contribution in [0.4, 0.5) is 10.4 Å². The molecule has 3 rings (SSSR count). The maximum absolute atomic E-state index is 12.8. The monoisotopic (exact) mass is 403 g/mol. The SMILES string of the molecule is O=C(CSc1ccc(F)cc1)Nc1nnc(-c2cc(Cl)sc2Cl)o1. The van der Waals surface area contributed by atoms with Gasteiger partial charge in [0.2, 0.25) is 5.91 Å². The molecule has 1 amide bonds. The maximum atomic E-state index is 12.8. The first kappa shape index (κ1) is 17.2. The van der Waals surface area contributed by atoms with Gasteiger partial charge in [-0.05, 0) is 30.3 Å². The number of carbonyl (C=O) groups is 1. The number of halogens is 3. The fourth-order valence-corrected chi connectivity index (χ4v) is 3.85. The van der Waals surface area contributed by atoms with E-state index in [9.17, 15) is 9.18 Å². The number of anilines is 1. The fourth-order valence-electron chi connectivity index (χ4n) is 1.70. The van der Waals surface area contributed by atoms with Crippen LogP contribution in [-0.4, -0.2) is 21.9 Å². The topological polar surface area (TPSA) is 68.0 Å². The zero-order valence-corrected chi connectivity index (χ0v) is 14.9. The molecule has 0 fully saturated rings. The number of benzene rings is 1. The molecule has 0 atom stereocenters. The van der Waals surface area contributed by atoms with Crippen LogP contribution in [0.15, 0.2) is 39.6 Å². The number of nitrogens with zero attached hydrogens (tertiary/aromatic N) is 2. The van der Waals surface area contributed by atoms with E-state index >= 15 is 0 Å². The lowest BCUT2D eigenvalue weighted by atomic mass is 10.3. The van der Waals surface area contributed by atoms with Gasteiger partial charge in [-0.3, -0.25) is 10.1 Å². The Labute approximate surface area is 154 Å². The van der Waals surface area contributed by atoms with Gasteiger partial charge in [0, 0.05) is 4.90 Å². The Morgan fingerprint density at radius 2 is 2.04 bits per heavy atom. The van der Waals surface area contributed by atoms with E-state index in [-0.39, 0.29) is 29.4 Å². The lowest BCUT2D eigenvalue weighted by molar-refractivity contribution is -0.113. The van der Waals surface area contributed by atoms with Gasteiger partial charge in [0.15, 0.2) is 0 Å². The summed E-state index contributed by atoms with van der Waals surface area (Å²) in [5.74, 6) is -0.359. The fraction of sp³-hybridized carbons (Fsp3) is 0.0714. The minimum absolute atomic E-state index is 0.0342. The van der Waals surface area contributed by atoms with Gasteiger partial charge in [0.05, 0.1) is 15.7 Å². The third-order valence-electron chi connectivity index (χ3n) is 2.74. The number of carbonyl (C=O) groups excluding carboxylic acids is 1. The van der Waals surface area contributed by atoms with Crippen LogP contribution in [0.3, 0.4) is 0 Å². The van der Waals surface area contributed by atoms with Crippen LogP contribution in [0.25, 0.3) is 11.5 Å². The lowest BCUT2D eigenvalue weighted by Crippen LogP contribution is -2.14. The summed E-state index contributed by atoms with van der Waals surface area (Å²) in [7, 11) is 0. The number of nitrogens with one attached hydrogen (secondary N) is 1. The molecule has 0 saturated heterocycles. The molecule has 24 heavy (non-hydrogen) atoms. The minimum atomic E-state index is -0.325. The van der Waals surface area contributed by atoms with Crippen molar-refractivity contribution in [2.45, 2.75) is 4.90 Å². The number of amides is 1. The lowest BCUT2D eigenvalue weighted by Gasteiger charge is -2.01. The van der Waals surface area contributed by atoms with Crippen molar-refractivity contribution in [3.63, 3.8) is 0 Å². The van der Waals surface area contributed by atoms with Crippen molar-refractivity contribution in [3.8, 4) is 11.5 Å². The second kappa shape index (κ2) is 7.52. The van der Waals surface area contributed by atoms with Crippen molar-refractivity contribution < 1.29 is 13.6 Å². The first-order chi connectivity index (χ1) is 11.5. The van der Waals surface area contributed by atoms with E-state index < -0.39 is 0 Å². The molecule has 0 unspecified atom stereocenters. The molecule has 0 aliphatic carbocycles. The van der Waals surface area contributed by atoms with Crippen molar-refractivity contribution in [3.05, 3.63) is 44.8 Å². The summed E-state index contributed by atoms with van der Waals surface area (Å²) in [6.07, 6.45) is 0. The number of hydrogen-bond acceptors (Lipinski definition) is 6. The van der Waals surface area contributed by atoms with Gasteiger partial charge in [0.1, 0.15) is 10.2 Å². The Kier molecular flexibility index (Phi) is 5.40. The van der Waals surface area contributed by atoms with Crippen molar-refractivity contribution in [1.82, 2.24) is 10.2 Å². The van der Waals surface area contributed by atoms with Gasteiger partial charge in [-0.25, -0.2) is 4.39 Å². The number of thioether (sulfide) groups is 1. The van der Waals surface area contributed by atoms with Gasteiger partial charge in [-0.2, -0.15) is 0 Å². The molecule has 0 aliphatic heterocycles. The van der Waals surface area contributed by atoms with Gasteiger partial charge in [0.25, 0.3) is 5.89 Å². The molecule has 1 aromatic carbocycles. The van der Waals surface area contributed by atoms with Crippen molar-refractivity contribution in [2.24, 2.45) is 0 Å². The molecule has 10 heteroatoms. The highest BCUT2D eigenvalue weighted by Gasteiger charge is 2.16. The highest BCUT2D eigenvalue weighted by atomic mass is 35.5. The molecule has 0 aliphatic rings. The molecular formula is C14H8Cl2FN3O2S2. The van der Waals surface area contributed by atoms with Crippen molar-refractivity contribution in [2.75, 3.05) is 11.1 Å². The van der Waals surface area contributed by atoms with Crippen LogP contribution in [0.2, 0.25) is 8.67 Å². The molecule has 1 N–H and O–H groups in total. The first-order valence-electron chi connectivity index (χ1n) is 6.48. The van der Waals surface area contributed by atoms with Gasteiger partial charge >= 0.3 is 6.01 Å². The summed E-state index contributed by atoms with van der Waals surface area (Å²) >= 11 is 14.3. The second-order valence-corrected chi connectivity index (χ2v) is 7.78. The van der Waals surface area contributed by atoms with E-state index in [1.54, 1.807) is 18.2 Å². The summed E-state index contributed by atoms with van der Waals surface area (Å²) in [5, 5.41) is 10.1. The molecule has 0 spiro atoms. The number of aromatic nitrogens is 2. The molecule has 0 saturated carbocycles. The quantitative estimate of drug-likeness (QED) is 0.608. The Bertz CT molecular complexity index is 867. The average molecular weight is 404 g/mol. The Morgan fingerprint density at radius 1 is 1.29 bits per heavy atom. The molecule has 3 aromatic rings. The zero-order chi connectivity index (χ0) is 17.1. The summed E-state index contributed by atoms with van der Waals surface area (Å²) in [5.41, 5.74) is 0.514. The highest BCUT2D eigenvalue weighted by molar-refractivity contribution is 8.00. The van der Waals surface area contributed by atoms with Crippen LogP contribution in [0.1, 0.15) is 0 Å². The third-order valence-corrected chi connectivity index (χ3v) is 5.24. The first-order valence-corrected chi connectivity index (χ1v) is 9.04. The number of hydrogen-bond donors (Lipinski definition) is 1. The molecular weight excluding hydrogens is 396 g/mol. The normalized spacial score (nSPS) is 10.8. The summed E-state index contributed by atoms with van der Waals surface area (Å²) in [6.45, 7) is 0. The van der Waals surface area contributed by atoms with Gasteiger partial charge < -0.3 is 4.42 Å². The molecule has 5 nitrogen and oxygen atoms in total. The highest BCUT2D eigenvalue weighted by Crippen LogP contribution is 2.37. The number of rotatable bonds is 5. The summed E-state index contributed by atoms with van der Waals surface area (Å²) in [6, 6.07) is 7.44. The molecule has 0 bridgehead atoms. The van der Waals surface area contributed by atoms with E-state index in [1.807, 2.05) is 0 Å². The molecule has 2 heterocycles. The molecule has 0 radical (unpaired) electrons. The van der Waals surface area contributed by atoms with Crippen molar-refractivity contribution >= 4 is 58.2 Å². The van der Waals surface area contributed by atoms with Gasteiger partial charge in [-0.1, -0.05) is 28.3 Å². The molecule has 124 valence electrons. The van der Waals surface area contributed by atoms with E-state index in [0.29, 0.717) is 14.2 Å². The summed E-state index contributed by atoms with van der Waals surface area (Å²) < 4.78 is 19.1. The van der Waals surface area contributed by atoms with E-state index in [2.05, 4.69) is 15.5 Å². The minimum Gasteiger partial charge on any atom is -0.403 e. The number of thiophene rings is 1. The third kappa shape index (κ3) is 4.27. The molecule has 2 aromatic heterocycles. The van der Waals surface area contributed by atoms with Crippen LogP contribution in [0.5, 0.6) is 0 Å². The van der Waals surface area contributed by atoms with E-state index in [4.69, 9.17) is 27.6 Å². The van der Waals surface area contributed by atoms with Crippen LogP contribution >= 0.6 is 46.3 Å². The van der Waals surface area contributed by atoms with E-state index in [0.717, 1.165) is 4.90 Å². The standard InChI is InChI=1S/C14H8Cl2FN3O2S2/c15-10-5-9(12(16)24-10)13-19-20-14(22-13)18-11(21)6-23-8-3-1-7(17)2-4-8/h1-5H,6H2,(H,18,20,21). The van der Waals surface area contributed by atoms with Gasteiger partial charge in [-0.15, -0.1) is 28.2 Å². The maximum Gasteiger partial charge on any atom is 0.322 e. The Morgan fingerprint density at radius 3 is 2.71 bits per heavy atom. The van der Waals surface area contributed by atoms with Crippen LogP contribution < -0.4 is 5.32 Å². The summed E-state index contributed by atoms with van der Waals surface area (Å²) in [4.78, 5) is 12.7. The Balaban J connectivity index is 1.59. The van der Waals surface area contributed by atoms with E-state index in [1.165, 1.54) is 35.2 Å². The average Bonchev–Trinajstić information content (AvgIpc) is 3.12. The van der Waals surface area contributed by atoms with Crippen LogP contribution in [0, 0.1) is 5.82 Å². The second-order valence-electron chi connectivity index (χ2n) is 4.44. The largest absolute Gasteiger partial charge is 0.403 e. The zero-order valence-electron chi connectivity index (χ0n) is 11.8. The predicted octanol–water partition coefficient (Wildman–Crippen LogP) is 4.97. The van der Waals surface area contributed by atoms with Crippen molar-refractivity contribution in [1.29, 1.82) is 0 Å². The predicted molar refractivity (Wildman–Crippen MR) is 93.4 cm³/mol. The Hall–Kier alpha value is -1.61. The van der Waals surface area contributed by atoms with Crippen LogP contribution in [-0.2, 0) is 4.79 Å².